The van der Waals surface area contributed by atoms with E-state index < -0.39 is 17.8 Å². The van der Waals surface area contributed by atoms with Gasteiger partial charge in [0.1, 0.15) is 5.82 Å². The first-order chi connectivity index (χ1) is 10.0. The molecule has 0 fully saturated rings. The zero-order chi connectivity index (χ0) is 15.4. The van der Waals surface area contributed by atoms with E-state index in [0.717, 1.165) is 0 Å². The smallest absolute Gasteiger partial charge is 0.254 e. The van der Waals surface area contributed by atoms with Crippen LogP contribution in [0.2, 0.25) is 10.0 Å². The van der Waals surface area contributed by atoms with Crippen molar-refractivity contribution in [1.29, 1.82) is 0 Å². The van der Waals surface area contributed by atoms with E-state index in [2.05, 4.69) is 5.32 Å². The molecular formula is C15H12Cl2FNO2. The van der Waals surface area contributed by atoms with E-state index in [1.807, 2.05) is 0 Å². The van der Waals surface area contributed by atoms with Crippen LogP contribution in [0.5, 0.6) is 0 Å². The Morgan fingerprint density at radius 2 is 1.76 bits per heavy atom. The first-order valence-electron chi connectivity index (χ1n) is 6.15. The predicted octanol–water partition coefficient (Wildman–Crippen LogP) is 3.60. The van der Waals surface area contributed by atoms with Crippen LogP contribution in [0.1, 0.15) is 22.0 Å². The van der Waals surface area contributed by atoms with Gasteiger partial charge in [-0.25, -0.2) is 4.39 Å². The Bertz CT molecular complexity index is 644. The first-order valence-corrected chi connectivity index (χ1v) is 6.91. The van der Waals surface area contributed by atoms with E-state index in [4.69, 9.17) is 23.2 Å². The van der Waals surface area contributed by atoms with Gasteiger partial charge < -0.3 is 10.4 Å². The van der Waals surface area contributed by atoms with Crippen molar-refractivity contribution >= 4 is 29.1 Å². The largest absolute Gasteiger partial charge is 0.386 e. The van der Waals surface area contributed by atoms with Crippen LogP contribution < -0.4 is 5.32 Å². The topological polar surface area (TPSA) is 49.3 Å². The molecule has 0 aliphatic heterocycles. The van der Waals surface area contributed by atoms with Crippen LogP contribution in [-0.4, -0.2) is 17.6 Å². The molecular weight excluding hydrogens is 316 g/mol. The van der Waals surface area contributed by atoms with Crippen LogP contribution in [0, 0.1) is 5.82 Å². The van der Waals surface area contributed by atoms with Crippen LogP contribution in [-0.2, 0) is 0 Å². The van der Waals surface area contributed by atoms with Crippen LogP contribution in [0.4, 0.5) is 4.39 Å². The molecule has 2 rings (SSSR count). The van der Waals surface area contributed by atoms with Crippen molar-refractivity contribution < 1.29 is 14.3 Å². The average molecular weight is 328 g/mol. The Hall–Kier alpha value is -1.62. The van der Waals surface area contributed by atoms with Gasteiger partial charge in [-0.2, -0.15) is 0 Å². The molecule has 21 heavy (non-hydrogen) atoms. The number of aliphatic hydroxyl groups is 1. The van der Waals surface area contributed by atoms with Crippen LogP contribution in [0.25, 0.3) is 0 Å². The number of halogens is 3. The summed E-state index contributed by atoms with van der Waals surface area (Å²) in [4.78, 5) is 11.8. The maximum Gasteiger partial charge on any atom is 0.254 e. The van der Waals surface area contributed by atoms with Crippen molar-refractivity contribution in [3.8, 4) is 0 Å². The molecule has 0 aliphatic carbocycles. The molecule has 0 aliphatic rings. The van der Waals surface area contributed by atoms with E-state index in [-0.39, 0.29) is 12.1 Å². The summed E-state index contributed by atoms with van der Waals surface area (Å²) >= 11 is 11.9. The lowest BCUT2D eigenvalue weighted by molar-refractivity contribution is 0.0912. The number of carbonyl (C=O) groups excluding carboxylic acids is 1. The maximum absolute atomic E-state index is 13.5. The lowest BCUT2D eigenvalue weighted by Crippen LogP contribution is -2.29. The second-order valence-electron chi connectivity index (χ2n) is 4.34. The summed E-state index contributed by atoms with van der Waals surface area (Å²) in [5, 5.41) is 13.1. The highest BCUT2D eigenvalue weighted by atomic mass is 35.5. The van der Waals surface area contributed by atoms with Gasteiger partial charge in [0.05, 0.1) is 11.7 Å². The maximum atomic E-state index is 13.5. The summed E-state index contributed by atoms with van der Waals surface area (Å²) in [6.45, 7) is -0.128. The molecule has 0 bridgehead atoms. The third kappa shape index (κ3) is 3.73. The van der Waals surface area contributed by atoms with E-state index in [9.17, 15) is 14.3 Å². The van der Waals surface area contributed by atoms with Gasteiger partial charge in [-0.05, 0) is 24.3 Å². The van der Waals surface area contributed by atoms with Gasteiger partial charge in [0.25, 0.3) is 5.91 Å². The number of nitrogens with one attached hydrogen (secondary N) is 1. The Morgan fingerprint density at radius 3 is 2.38 bits per heavy atom. The minimum absolute atomic E-state index is 0.0880. The third-order valence-corrected chi connectivity index (χ3v) is 3.57. The molecule has 1 atom stereocenters. The Balaban J connectivity index is 2.06. The quantitative estimate of drug-likeness (QED) is 0.901. The monoisotopic (exact) mass is 327 g/mol. The van der Waals surface area contributed by atoms with E-state index in [1.54, 1.807) is 24.3 Å². The van der Waals surface area contributed by atoms with Crippen molar-refractivity contribution in [2.45, 2.75) is 6.10 Å². The minimum Gasteiger partial charge on any atom is -0.386 e. The van der Waals surface area contributed by atoms with E-state index >= 15 is 0 Å². The summed E-state index contributed by atoms with van der Waals surface area (Å²) in [5.74, 6) is -1.24. The number of carbonyl (C=O) groups is 1. The van der Waals surface area contributed by atoms with Gasteiger partial charge in [-0.1, -0.05) is 41.4 Å². The minimum atomic E-state index is -1.08. The number of hydrogen-bond donors (Lipinski definition) is 2. The summed E-state index contributed by atoms with van der Waals surface area (Å²) in [5.41, 5.74) is 0.240. The van der Waals surface area contributed by atoms with Gasteiger partial charge in [0, 0.05) is 22.2 Å². The molecule has 2 aromatic rings. The van der Waals surface area contributed by atoms with Gasteiger partial charge in [-0.15, -0.1) is 0 Å². The summed E-state index contributed by atoms with van der Waals surface area (Å²) in [6.07, 6.45) is -1.08. The Kier molecular flexibility index (Phi) is 5.17. The van der Waals surface area contributed by atoms with Gasteiger partial charge in [0.2, 0.25) is 0 Å². The molecule has 0 saturated heterocycles. The van der Waals surface area contributed by atoms with E-state index in [1.165, 1.54) is 18.2 Å². The zero-order valence-electron chi connectivity index (χ0n) is 10.8. The van der Waals surface area contributed by atoms with Crippen molar-refractivity contribution in [3.63, 3.8) is 0 Å². The average Bonchev–Trinajstić information content (AvgIpc) is 2.45. The lowest BCUT2D eigenvalue weighted by Gasteiger charge is -2.15. The molecule has 1 unspecified atom stereocenters. The second-order valence-corrected chi connectivity index (χ2v) is 5.16. The molecule has 2 aromatic carbocycles. The van der Waals surface area contributed by atoms with Crippen LogP contribution in [0.15, 0.2) is 42.5 Å². The third-order valence-electron chi connectivity index (χ3n) is 2.91. The molecule has 0 saturated carbocycles. The normalized spacial score (nSPS) is 12.0. The van der Waals surface area contributed by atoms with Crippen molar-refractivity contribution in [3.05, 3.63) is 69.5 Å². The zero-order valence-corrected chi connectivity index (χ0v) is 12.3. The molecule has 0 heterocycles. The highest BCUT2D eigenvalue weighted by Crippen LogP contribution is 2.29. The fourth-order valence-corrected chi connectivity index (χ4v) is 2.51. The Morgan fingerprint density at radius 1 is 1.14 bits per heavy atom. The molecule has 0 spiro atoms. The Labute approximate surface area is 131 Å². The van der Waals surface area contributed by atoms with Gasteiger partial charge in [0.15, 0.2) is 0 Å². The number of hydrogen-bond acceptors (Lipinski definition) is 2. The number of rotatable bonds is 4. The highest BCUT2D eigenvalue weighted by Gasteiger charge is 2.17. The van der Waals surface area contributed by atoms with E-state index in [0.29, 0.717) is 15.6 Å². The molecule has 1 amide bonds. The summed E-state index contributed by atoms with van der Waals surface area (Å²) in [7, 11) is 0. The summed E-state index contributed by atoms with van der Waals surface area (Å²) in [6, 6.07) is 10.4. The number of benzene rings is 2. The fourth-order valence-electron chi connectivity index (χ4n) is 1.86. The SMILES string of the molecule is O=C(NCC(O)c1c(Cl)cccc1Cl)c1ccccc1F. The summed E-state index contributed by atoms with van der Waals surface area (Å²) < 4.78 is 13.5. The standard InChI is InChI=1S/C15H12Cl2FNO2/c16-10-5-3-6-11(17)14(10)13(20)8-19-15(21)9-4-1-2-7-12(9)18/h1-7,13,20H,8H2,(H,19,21). The second kappa shape index (κ2) is 6.89. The molecule has 2 N–H and O–H groups in total. The van der Waals surface area contributed by atoms with Gasteiger partial charge >= 0.3 is 0 Å². The first kappa shape index (κ1) is 15.8. The molecule has 110 valence electrons. The predicted molar refractivity (Wildman–Crippen MR) is 80.2 cm³/mol. The molecule has 3 nitrogen and oxygen atoms in total. The van der Waals surface area contributed by atoms with Crippen molar-refractivity contribution in [2.24, 2.45) is 0 Å². The lowest BCUT2D eigenvalue weighted by atomic mass is 10.1. The van der Waals surface area contributed by atoms with Gasteiger partial charge in [-0.3, -0.25) is 4.79 Å². The highest BCUT2D eigenvalue weighted by molar-refractivity contribution is 6.36. The number of aliphatic hydroxyl groups excluding tert-OH is 1. The molecule has 0 radical (unpaired) electrons. The van der Waals surface area contributed by atoms with Crippen molar-refractivity contribution in [1.82, 2.24) is 5.32 Å². The molecule has 6 heteroatoms. The van der Waals surface area contributed by atoms with Crippen LogP contribution >= 0.6 is 23.2 Å². The molecule has 0 aromatic heterocycles. The van der Waals surface area contributed by atoms with Crippen LogP contribution in [0.3, 0.4) is 0 Å². The fraction of sp³-hybridized carbons (Fsp3) is 0.133. The van der Waals surface area contributed by atoms with Crippen molar-refractivity contribution in [2.75, 3.05) is 6.54 Å². The number of amides is 1.